The van der Waals surface area contributed by atoms with Crippen LogP contribution < -0.4 is 5.32 Å². The molecule has 2 aliphatic rings. The maximum absolute atomic E-state index is 12.4. The number of hydrogen-bond donors (Lipinski definition) is 2. The van der Waals surface area contributed by atoms with Crippen molar-refractivity contribution in [2.24, 2.45) is 0 Å². The lowest BCUT2D eigenvalue weighted by Crippen LogP contribution is -2.49. The lowest BCUT2D eigenvalue weighted by atomic mass is 10.2. The molecule has 1 aliphatic carbocycles. The Labute approximate surface area is 147 Å². The van der Waals surface area contributed by atoms with Crippen LogP contribution in [0.5, 0.6) is 0 Å². The SMILES string of the molecule is Cl.O=C(NC1CC1)c1ccc(C(=O)N2CCN(CCO)CC2)nc1. The van der Waals surface area contributed by atoms with E-state index in [0.717, 1.165) is 25.9 Å². The third kappa shape index (κ3) is 4.66. The minimum atomic E-state index is -0.128. The van der Waals surface area contributed by atoms with E-state index in [2.05, 4.69) is 15.2 Å². The number of aromatic nitrogens is 1. The molecule has 1 aromatic rings. The van der Waals surface area contributed by atoms with E-state index in [1.807, 2.05) is 0 Å². The first-order chi connectivity index (χ1) is 11.2. The van der Waals surface area contributed by atoms with E-state index in [9.17, 15) is 9.59 Å². The summed E-state index contributed by atoms with van der Waals surface area (Å²) < 4.78 is 0. The van der Waals surface area contributed by atoms with Gasteiger partial charge in [-0.15, -0.1) is 12.4 Å². The molecular weight excluding hydrogens is 332 g/mol. The van der Waals surface area contributed by atoms with Crippen LogP contribution in [0.1, 0.15) is 33.7 Å². The van der Waals surface area contributed by atoms with Crippen molar-refractivity contribution >= 4 is 24.2 Å². The van der Waals surface area contributed by atoms with Crippen molar-refractivity contribution in [3.05, 3.63) is 29.6 Å². The summed E-state index contributed by atoms with van der Waals surface area (Å²) in [5, 5.41) is 11.8. The van der Waals surface area contributed by atoms with E-state index in [1.165, 1.54) is 6.20 Å². The normalized spacial score (nSPS) is 18.0. The van der Waals surface area contributed by atoms with Gasteiger partial charge in [0, 0.05) is 45.0 Å². The second-order valence-electron chi connectivity index (χ2n) is 6.04. The molecule has 0 spiro atoms. The highest BCUT2D eigenvalue weighted by molar-refractivity contribution is 5.96. The number of aliphatic hydroxyl groups excluding tert-OH is 1. The highest BCUT2D eigenvalue weighted by atomic mass is 35.5. The molecule has 2 N–H and O–H groups in total. The third-order valence-electron chi connectivity index (χ3n) is 4.23. The summed E-state index contributed by atoms with van der Waals surface area (Å²) >= 11 is 0. The molecule has 132 valence electrons. The van der Waals surface area contributed by atoms with Crippen LogP contribution in [0.4, 0.5) is 0 Å². The number of rotatable bonds is 5. The maximum atomic E-state index is 12.4. The van der Waals surface area contributed by atoms with Crippen LogP contribution in [0, 0.1) is 0 Å². The molecule has 1 saturated carbocycles. The number of piperazine rings is 1. The zero-order chi connectivity index (χ0) is 16.2. The van der Waals surface area contributed by atoms with E-state index in [0.29, 0.717) is 36.9 Å². The number of nitrogens with zero attached hydrogens (tertiary/aromatic N) is 3. The lowest BCUT2D eigenvalue weighted by molar-refractivity contribution is 0.0609. The second kappa shape index (κ2) is 8.41. The highest BCUT2D eigenvalue weighted by Crippen LogP contribution is 2.19. The van der Waals surface area contributed by atoms with E-state index in [1.54, 1.807) is 17.0 Å². The Hall–Kier alpha value is -1.70. The average Bonchev–Trinajstić information content (AvgIpc) is 3.39. The highest BCUT2D eigenvalue weighted by Gasteiger charge is 2.25. The summed E-state index contributed by atoms with van der Waals surface area (Å²) in [6.07, 6.45) is 3.54. The van der Waals surface area contributed by atoms with Crippen LogP contribution in [0.25, 0.3) is 0 Å². The first-order valence-corrected chi connectivity index (χ1v) is 8.07. The van der Waals surface area contributed by atoms with E-state index in [-0.39, 0.29) is 30.8 Å². The molecule has 0 radical (unpaired) electrons. The zero-order valence-electron chi connectivity index (χ0n) is 13.5. The van der Waals surface area contributed by atoms with Gasteiger partial charge in [-0.05, 0) is 25.0 Å². The summed E-state index contributed by atoms with van der Waals surface area (Å²) in [6.45, 7) is 3.56. The molecule has 0 bridgehead atoms. The summed E-state index contributed by atoms with van der Waals surface area (Å²) in [6, 6.07) is 3.57. The summed E-state index contributed by atoms with van der Waals surface area (Å²) in [5.74, 6) is -0.237. The van der Waals surface area contributed by atoms with Gasteiger partial charge in [-0.25, -0.2) is 0 Å². The maximum Gasteiger partial charge on any atom is 0.272 e. The van der Waals surface area contributed by atoms with E-state index in [4.69, 9.17) is 5.11 Å². The van der Waals surface area contributed by atoms with Gasteiger partial charge in [0.25, 0.3) is 11.8 Å². The molecule has 2 amide bonds. The predicted molar refractivity (Wildman–Crippen MR) is 91.4 cm³/mol. The van der Waals surface area contributed by atoms with Crippen molar-refractivity contribution in [3.8, 4) is 0 Å². The summed E-state index contributed by atoms with van der Waals surface area (Å²) in [4.78, 5) is 32.4. The van der Waals surface area contributed by atoms with Crippen LogP contribution in [0.2, 0.25) is 0 Å². The number of halogens is 1. The van der Waals surface area contributed by atoms with Crippen LogP contribution in [-0.2, 0) is 0 Å². The summed E-state index contributed by atoms with van der Waals surface area (Å²) in [5.41, 5.74) is 0.852. The zero-order valence-corrected chi connectivity index (χ0v) is 14.3. The van der Waals surface area contributed by atoms with E-state index < -0.39 is 0 Å². The number of aliphatic hydroxyl groups is 1. The van der Waals surface area contributed by atoms with Gasteiger partial charge in [0.2, 0.25) is 0 Å². The van der Waals surface area contributed by atoms with Gasteiger partial charge in [-0.2, -0.15) is 0 Å². The van der Waals surface area contributed by atoms with Gasteiger partial charge in [0.15, 0.2) is 0 Å². The van der Waals surface area contributed by atoms with Crippen LogP contribution in [0.3, 0.4) is 0 Å². The minimum Gasteiger partial charge on any atom is -0.395 e. The molecule has 0 atom stereocenters. The molecule has 1 aromatic heterocycles. The van der Waals surface area contributed by atoms with Gasteiger partial charge in [0.05, 0.1) is 12.2 Å². The topological polar surface area (TPSA) is 85.8 Å². The number of hydrogen-bond acceptors (Lipinski definition) is 5. The van der Waals surface area contributed by atoms with Crippen molar-refractivity contribution in [1.29, 1.82) is 0 Å². The minimum absolute atomic E-state index is 0. The molecule has 7 nitrogen and oxygen atoms in total. The number of nitrogens with one attached hydrogen (secondary N) is 1. The fourth-order valence-electron chi connectivity index (χ4n) is 2.63. The molecular formula is C16H23ClN4O3. The summed E-state index contributed by atoms with van der Waals surface area (Å²) in [7, 11) is 0. The number of amides is 2. The van der Waals surface area contributed by atoms with Crippen LogP contribution in [0.15, 0.2) is 18.3 Å². The van der Waals surface area contributed by atoms with Gasteiger partial charge in [-0.1, -0.05) is 0 Å². The number of carbonyl (C=O) groups is 2. The molecule has 8 heteroatoms. The van der Waals surface area contributed by atoms with Crippen molar-refractivity contribution in [2.75, 3.05) is 39.3 Å². The largest absolute Gasteiger partial charge is 0.395 e. The third-order valence-corrected chi connectivity index (χ3v) is 4.23. The van der Waals surface area contributed by atoms with Crippen molar-refractivity contribution in [2.45, 2.75) is 18.9 Å². The molecule has 24 heavy (non-hydrogen) atoms. The molecule has 0 unspecified atom stereocenters. The Morgan fingerprint density at radius 1 is 1.21 bits per heavy atom. The Kier molecular flexibility index (Phi) is 6.53. The van der Waals surface area contributed by atoms with Crippen molar-refractivity contribution < 1.29 is 14.7 Å². The fourth-order valence-corrected chi connectivity index (χ4v) is 2.63. The molecule has 3 rings (SSSR count). The molecule has 1 saturated heterocycles. The quantitative estimate of drug-likeness (QED) is 0.786. The molecule has 2 fully saturated rings. The van der Waals surface area contributed by atoms with Gasteiger partial charge < -0.3 is 15.3 Å². The van der Waals surface area contributed by atoms with Crippen LogP contribution >= 0.6 is 12.4 Å². The van der Waals surface area contributed by atoms with Gasteiger partial charge in [-0.3, -0.25) is 19.5 Å². The Bertz CT molecular complexity index is 569. The predicted octanol–water partition coefficient (Wildman–Crippen LogP) is 0.146. The van der Waals surface area contributed by atoms with Crippen molar-refractivity contribution in [1.82, 2.24) is 20.1 Å². The number of pyridine rings is 1. The Morgan fingerprint density at radius 3 is 2.46 bits per heavy atom. The van der Waals surface area contributed by atoms with Crippen molar-refractivity contribution in [3.63, 3.8) is 0 Å². The average molecular weight is 355 g/mol. The number of carbonyl (C=O) groups excluding carboxylic acids is 2. The number of β-amino-alcohol motifs (C(OH)–C–C–N with tert-alkyl or cyclic N) is 1. The first-order valence-electron chi connectivity index (χ1n) is 8.07. The van der Waals surface area contributed by atoms with Gasteiger partial charge >= 0.3 is 0 Å². The molecule has 1 aliphatic heterocycles. The molecule has 2 heterocycles. The monoisotopic (exact) mass is 354 g/mol. The Balaban J connectivity index is 0.00000208. The first kappa shape index (κ1) is 18.6. The molecule has 0 aromatic carbocycles. The second-order valence-corrected chi connectivity index (χ2v) is 6.04. The van der Waals surface area contributed by atoms with E-state index >= 15 is 0 Å². The van der Waals surface area contributed by atoms with Crippen LogP contribution in [-0.4, -0.2) is 77.1 Å². The lowest BCUT2D eigenvalue weighted by Gasteiger charge is -2.34. The van der Waals surface area contributed by atoms with Gasteiger partial charge in [0.1, 0.15) is 5.69 Å². The Morgan fingerprint density at radius 2 is 1.92 bits per heavy atom. The standard InChI is InChI=1S/C16H22N4O3.ClH/c21-10-9-19-5-7-20(8-6-19)16(23)14-4-1-12(11-17-14)15(22)18-13-2-3-13;/h1,4,11,13,21H,2-3,5-10H2,(H,18,22);1H. The smallest absolute Gasteiger partial charge is 0.272 e. The fraction of sp³-hybridized carbons (Fsp3) is 0.562.